The van der Waals surface area contributed by atoms with Gasteiger partial charge >= 0.3 is 0 Å². The van der Waals surface area contributed by atoms with Crippen LogP contribution in [0.1, 0.15) is 29.9 Å². The number of hydrogen-bond donors (Lipinski definition) is 4. The Bertz CT molecular complexity index is 473. The molecule has 0 radical (unpaired) electrons. The van der Waals surface area contributed by atoms with Crippen molar-refractivity contribution in [2.45, 2.75) is 26.8 Å². The fourth-order valence-electron chi connectivity index (χ4n) is 1.51. The molecule has 0 saturated carbocycles. The molecule has 104 valence electrons. The second-order valence-corrected chi connectivity index (χ2v) is 4.43. The van der Waals surface area contributed by atoms with E-state index in [2.05, 4.69) is 21.0 Å². The predicted molar refractivity (Wildman–Crippen MR) is 72.4 cm³/mol. The van der Waals surface area contributed by atoms with Gasteiger partial charge in [-0.05, 0) is 32.9 Å². The molecule has 19 heavy (non-hydrogen) atoms. The number of amides is 2. The average Bonchev–Trinajstić information content (AvgIpc) is 2.34. The van der Waals surface area contributed by atoms with Gasteiger partial charge in [-0.25, -0.2) is 10.8 Å². The van der Waals surface area contributed by atoms with E-state index < -0.39 is 0 Å². The van der Waals surface area contributed by atoms with Crippen LogP contribution in [-0.2, 0) is 4.79 Å². The number of nitrogens with zero attached hydrogens (tertiary/aromatic N) is 1. The van der Waals surface area contributed by atoms with Crippen molar-refractivity contribution in [3.8, 4) is 0 Å². The summed E-state index contributed by atoms with van der Waals surface area (Å²) in [7, 11) is 0. The number of nitrogens with one attached hydrogen (secondary N) is 3. The fourth-order valence-corrected chi connectivity index (χ4v) is 1.51. The smallest absolute Gasteiger partial charge is 0.251 e. The molecular weight excluding hydrogens is 246 g/mol. The number of nitrogens with two attached hydrogens (primary N) is 1. The summed E-state index contributed by atoms with van der Waals surface area (Å²) in [6, 6.07) is 3.18. The molecule has 2 amide bonds. The zero-order valence-electron chi connectivity index (χ0n) is 11.3. The molecule has 0 aliphatic heterocycles. The van der Waals surface area contributed by atoms with Crippen molar-refractivity contribution >= 4 is 17.6 Å². The Morgan fingerprint density at radius 1 is 1.37 bits per heavy atom. The van der Waals surface area contributed by atoms with Crippen LogP contribution in [0.15, 0.2) is 12.1 Å². The number of carbonyl (C=O) groups is 2. The first-order chi connectivity index (χ1) is 8.92. The number of anilines is 1. The van der Waals surface area contributed by atoms with E-state index in [0.717, 1.165) is 0 Å². The second kappa shape index (κ2) is 6.69. The number of pyridine rings is 1. The van der Waals surface area contributed by atoms with Crippen LogP contribution in [0.3, 0.4) is 0 Å². The van der Waals surface area contributed by atoms with Crippen LogP contribution in [0.2, 0.25) is 0 Å². The van der Waals surface area contributed by atoms with Crippen LogP contribution < -0.4 is 21.9 Å². The Labute approximate surface area is 111 Å². The molecule has 7 heteroatoms. The monoisotopic (exact) mass is 265 g/mol. The lowest BCUT2D eigenvalue weighted by Gasteiger charge is -2.10. The molecule has 1 aromatic heterocycles. The van der Waals surface area contributed by atoms with Crippen molar-refractivity contribution in [1.82, 2.24) is 15.6 Å². The minimum atomic E-state index is -0.346. The average molecular weight is 265 g/mol. The molecule has 0 aliphatic rings. The summed E-state index contributed by atoms with van der Waals surface area (Å²) in [5.41, 5.74) is 3.44. The highest BCUT2D eigenvalue weighted by molar-refractivity contribution is 5.97. The van der Waals surface area contributed by atoms with E-state index >= 15 is 0 Å². The predicted octanol–water partition coefficient (Wildman–Crippen LogP) is -0.0700. The lowest BCUT2D eigenvalue weighted by Crippen LogP contribution is -2.39. The molecule has 1 rings (SSSR count). The van der Waals surface area contributed by atoms with Crippen molar-refractivity contribution in [3.05, 3.63) is 23.4 Å². The summed E-state index contributed by atoms with van der Waals surface area (Å²) < 4.78 is 0. The van der Waals surface area contributed by atoms with E-state index in [1.807, 2.05) is 13.8 Å². The first kappa shape index (κ1) is 14.9. The molecule has 0 unspecified atom stereocenters. The Kier molecular flexibility index (Phi) is 5.25. The number of rotatable bonds is 5. The largest absolute Gasteiger partial charge is 0.352 e. The van der Waals surface area contributed by atoms with Crippen LogP contribution in [0, 0.1) is 6.92 Å². The zero-order chi connectivity index (χ0) is 14.4. The Morgan fingerprint density at radius 2 is 2.05 bits per heavy atom. The van der Waals surface area contributed by atoms with Crippen molar-refractivity contribution in [1.29, 1.82) is 0 Å². The van der Waals surface area contributed by atoms with E-state index in [1.54, 1.807) is 13.0 Å². The summed E-state index contributed by atoms with van der Waals surface area (Å²) >= 11 is 0. The number of nitrogen functional groups attached to an aromatic ring is 1. The lowest BCUT2D eigenvalue weighted by molar-refractivity contribution is -0.120. The van der Waals surface area contributed by atoms with Gasteiger partial charge in [-0.2, -0.15) is 0 Å². The summed E-state index contributed by atoms with van der Waals surface area (Å²) in [4.78, 5) is 27.4. The molecule has 5 N–H and O–H groups in total. The van der Waals surface area contributed by atoms with E-state index in [9.17, 15) is 9.59 Å². The number of hydrogen-bond acceptors (Lipinski definition) is 5. The highest BCUT2D eigenvalue weighted by atomic mass is 16.2. The minimum absolute atomic E-state index is 0.0422. The third-order valence-electron chi connectivity index (χ3n) is 2.22. The van der Waals surface area contributed by atoms with Crippen molar-refractivity contribution < 1.29 is 9.59 Å². The molecule has 0 fully saturated rings. The van der Waals surface area contributed by atoms with Gasteiger partial charge in [-0.3, -0.25) is 9.59 Å². The van der Waals surface area contributed by atoms with Gasteiger partial charge in [0.05, 0.1) is 6.54 Å². The highest BCUT2D eigenvalue weighted by Crippen LogP contribution is 2.08. The van der Waals surface area contributed by atoms with Crippen LogP contribution in [-0.4, -0.2) is 29.4 Å². The van der Waals surface area contributed by atoms with Crippen molar-refractivity contribution in [2.75, 3.05) is 12.0 Å². The maximum absolute atomic E-state index is 11.9. The van der Waals surface area contributed by atoms with Crippen LogP contribution >= 0.6 is 0 Å². The summed E-state index contributed by atoms with van der Waals surface area (Å²) in [6.07, 6.45) is 0. The van der Waals surface area contributed by atoms with Gasteiger partial charge in [0.1, 0.15) is 5.82 Å². The van der Waals surface area contributed by atoms with E-state index in [4.69, 9.17) is 5.84 Å². The van der Waals surface area contributed by atoms with Crippen LogP contribution in [0.25, 0.3) is 0 Å². The maximum Gasteiger partial charge on any atom is 0.251 e. The molecular formula is C12H19N5O2. The van der Waals surface area contributed by atoms with Gasteiger partial charge in [-0.1, -0.05) is 0 Å². The van der Waals surface area contributed by atoms with E-state index in [1.165, 1.54) is 6.07 Å². The molecule has 0 bridgehead atoms. The van der Waals surface area contributed by atoms with Gasteiger partial charge in [0.15, 0.2) is 0 Å². The van der Waals surface area contributed by atoms with Crippen molar-refractivity contribution in [3.63, 3.8) is 0 Å². The summed E-state index contributed by atoms with van der Waals surface area (Å²) in [5.74, 6) is 5.08. The van der Waals surface area contributed by atoms with E-state index in [0.29, 0.717) is 17.1 Å². The van der Waals surface area contributed by atoms with Gasteiger partial charge in [0.2, 0.25) is 5.91 Å². The van der Waals surface area contributed by atoms with Crippen molar-refractivity contribution in [2.24, 2.45) is 5.84 Å². The minimum Gasteiger partial charge on any atom is -0.352 e. The summed E-state index contributed by atoms with van der Waals surface area (Å²) in [5, 5.41) is 5.22. The third-order valence-corrected chi connectivity index (χ3v) is 2.22. The topological polar surface area (TPSA) is 109 Å². The molecule has 0 saturated heterocycles. The number of hydrazine groups is 1. The Balaban J connectivity index is 2.63. The molecule has 0 aliphatic carbocycles. The molecule has 0 spiro atoms. The molecule has 0 atom stereocenters. The quantitative estimate of drug-likeness (QED) is 0.440. The number of carbonyl (C=O) groups excluding carboxylic acids is 2. The van der Waals surface area contributed by atoms with Crippen LogP contribution in [0.5, 0.6) is 0 Å². The third kappa shape index (κ3) is 4.92. The van der Waals surface area contributed by atoms with Crippen LogP contribution in [0.4, 0.5) is 5.82 Å². The maximum atomic E-state index is 11.9. The van der Waals surface area contributed by atoms with E-state index in [-0.39, 0.29) is 24.4 Å². The standard InChI is InChI=1S/C12H19N5O2/c1-7(2)15-11(18)6-14-12(19)9-4-8(3)16-10(5-9)17-13/h4-5,7H,6,13H2,1-3H3,(H,14,19)(H,15,18)(H,16,17). The molecule has 7 nitrogen and oxygen atoms in total. The first-order valence-corrected chi connectivity index (χ1v) is 5.95. The number of aryl methyl sites for hydroxylation is 1. The second-order valence-electron chi connectivity index (χ2n) is 4.43. The highest BCUT2D eigenvalue weighted by Gasteiger charge is 2.10. The fraction of sp³-hybridized carbons (Fsp3) is 0.417. The first-order valence-electron chi connectivity index (χ1n) is 5.95. The zero-order valence-corrected chi connectivity index (χ0v) is 11.3. The Hall–Kier alpha value is -2.15. The van der Waals surface area contributed by atoms with Gasteiger partial charge in [0, 0.05) is 17.3 Å². The van der Waals surface area contributed by atoms with Gasteiger partial charge in [-0.15, -0.1) is 0 Å². The Morgan fingerprint density at radius 3 is 2.63 bits per heavy atom. The molecule has 0 aromatic carbocycles. The lowest BCUT2D eigenvalue weighted by atomic mass is 10.2. The van der Waals surface area contributed by atoms with Gasteiger partial charge < -0.3 is 16.1 Å². The normalized spacial score (nSPS) is 10.2. The summed E-state index contributed by atoms with van der Waals surface area (Å²) in [6.45, 7) is 5.39. The number of aromatic nitrogens is 1. The van der Waals surface area contributed by atoms with Gasteiger partial charge in [0.25, 0.3) is 5.91 Å². The molecule has 1 heterocycles. The molecule has 1 aromatic rings. The SMILES string of the molecule is Cc1cc(C(=O)NCC(=O)NC(C)C)cc(NN)n1.